The second-order valence-electron chi connectivity index (χ2n) is 6.83. The van der Waals surface area contributed by atoms with Gasteiger partial charge in [-0.05, 0) is 62.1 Å². The predicted molar refractivity (Wildman–Crippen MR) is 104 cm³/mol. The van der Waals surface area contributed by atoms with Crippen molar-refractivity contribution in [3.05, 3.63) is 53.0 Å². The monoisotopic (exact) mass is 372 g/mol. The molecule has 2 atom stereocenters. The van der Waals surface area contributed by atoms with E-state index in [0.29, 0.717) is 5.92 Å². The molecule has 2 aromatic rings. The topological polar surface area (TPSA) is 102 Å². The van der Waals surface area contributed by atoms with Gasteiger partial charge in [0.2, 0.25) is 5.91 Å². The van der Waals surface area contributed by atoms with E-state index in [2.05, 4.69) is 11.9 Å². The van der Waals surface area contributed by atoms with E-state index >= 15 is 0 Å². The first-order valence-corrected chi connectivity index (χ1v) is 8.73. The Morgan fingerprint density at radius 2 is 1.89 bits per heavy atom. The molecule has 2 amide bonds. The van der Waals surface area contributed by atoms with E-state index in [1.165, 1.54) is 12.1 Å². The van der Waals surface area contributed by atoms with Crippen LogP contribution >= 0.6 is 0 Å². The van der Waals surface area contributed by atoms with Crippen molar-refractivity contribution in [2.45, 2.75) is 40.2 Å². The van der Waals surface area contributed by atoms with Crippen LogP contribution in [-0.2, 0) is 11.2 Å². The minimum atomic E-state index is -0.546. The molecule has 27 heavy (non-hydrogen) atoms. The van der Waals surface area contributed by atoms with Gasteiger partial charge in [0.25, 0.3) is 5.91 Å². The van der Waals surface area contributed by atoms with E-state index in [0.717, 1.165) is 23.4 Å². The van der Waals surface area contributed by atoms with E-state index < -0.39 is 5.91 Å². The molecule has 6 nitrogen and oxygen atoms in total. The van der Waals surface area contributed by atoms with Crippen molar-refractivity contribution in [2.24, 2.45) is 11.7 Å². The Balaban J connectivity index is 0.000000208. The Labute approximate surface area is 158 Å². The second kappa shape index (κ2) is 8.16. The number of carbonyl (C=O) groups is 2. The summed E-state index contributed by atoms with van der Waals surface area (Å²) in [4.78, 5) is 27.9. The van der Waals surface area contributed by atoms with Crippen LogP contribution in [0.3, 0.4) is 0 Å². The molecule has 0 spiro atoms. The molecule has 1 unspecified atom stereocenters. The lowest BCUT2D eigenvalue weighted by molar-refractivity contribution is -0.117. The number of primary amides is 1. The van der Waals surface area contributed by atoms with Crippen LogP contribution in [0.25, 0.3) is 0 Å². The third-order valence-corrected chi connectivity index (χ3v) is 4.74. The number of carbonyl (C=O) groups excluding carboxylic acids is 2. The molecule has 144 valence electrons. The molecule has 1 aromatic carbocycles. The van der Waals surface area contributed by atoms with Crippen LogP contribution in [0.1, 0.15) is 42.4 Å². The fourth-order valence-electron chi connectivity index (χ4n) is 3.19. The van der Waals surface area contributed by atoms with Gasteiger partial charge in [-0.15, -0.1) is 0 Å². The molecule has 7 heteroatoms. The number of halogens is 1. The number of pyridine rings is 1. The smallest absolute Gasteiger partial charge is 0.252 e. The van der Waals surface area contributed by atoms with Gasteiger partial charge in [0.1, 0.15) is 11.6 Å². The van der Waals surface area contributed by atoms with Crippen LogP contribution < -0.4 is 16.4 Å². The number of nitrogen functional groups attached to an aromatic ring is 1. The van der Waals surface area contributed by atoms with Crippen molar-refractivity contribution in [1.82, 2.24) is 4.98 Å². The van der Waals surface area contributed by atoms with Gasteiger partial charge in [0, 0.05) is 24.3 Å². The largest absolute Gasteiger partial charge is 0.383 e. The van der Waals surface area contributed by atoms with Crippen LogP contribution in [0.15, 0.2) is 30.3 Å². The maximum Gasteiger partial charge on any atom is 0.252 e. The Morgan fingerprint density at radius 1 is 1.22 bits per heavy atom. The highest BCUT2D eigenvalue weighted by atomic mass is 19.1. The average Bonchev–Trinajstić information content (AvgIpc) is 2.56. The summed E-state index contributed by atoms with van der Waals surface area (Å²) >= 11 is 0. The summed E-state index contributed by atoms with van der Waals surface area (Å²) in [6, 6.07) is 8.09. The summed E-state index contributed by atoms with van der Waals surface area (Å²) in [7, 11) is 0. The fourth-order valence-corrected chi connectivity index (χ4v) is 3.19. The number of hydrogen-bond donors (Lipinski definition) is 2. The van der Waals surface area contributed by atoms with E-state index in [-0.39, 0.29) is 29.1 Å². The Kier molecular flexibility index (Phi) is 6.15. The Bertz CT molecular complexity index is 869. The molecule has 1 aliphatic heterocycles. The van der Waals surface area contributed by atoms with Gasteiger partial charge in [0.05, 0.1) is 5.56 Å². The van der Waals surface area contributed by atoms with Gasteiger partial charge in [-0.25, -0.2) is 9.37 Å². The van der Waals surface area contributed by atoms with Crippen LogP contribution in [0.4, 0.5) is 15.9 Å². The Hall–Kier alpha value is -2.96. The highest BCUT2D eigenvalue weighted by molar-refractivity contribution is 5.97. The number of aromatic nitrogens is 1. The summed E-state index contributed by atoms with van der Waals surface area (Å²) in [5.41, 5.74) is 13.3. The van der Waals surface area contributed by atoms with Gasteiger partial charge >= 0.3 is 0 Å². The molecule has 0 aliphatic carbocycles. The number of benzene rings is 1. The highest BCUT2D eigenvalue weighted by Crippen LogP contribution is 2.34. The number of aryl methyl sites for hydroxylation is 1. The number of nitrogens with zero attached hydrogens (tertiary/aromatic N) is 2. The molecule has 1 aliphatic rings. The molecular formula is C20H25FN4O2. The Morgan fingerprint density at radius 3 is 2.44 bits per heavy atom. The van der Waals surface area contributed by atoms with Crippen LogP contribution in [-0.4, -0.2) is 22.8 Å². The van der Waals surface area contributed by atoms with Crippen molar-refractivity contribution in [3.63, 3.8) is 0 Å². The number of nitrogens with two attached hydrogens (primary N) is 2. The standard InChI is InChI=1S/C13H16FNO.C7H9N3O/c1-8-6-11-7-12(14)4-5-13(11)15(9(8)2)10(3)16;1-4-2-3-5(7(9)11)6(8)10-4/h4-5,7-9H,6H2,1-3H3;2-3H,1H3,(H2,8,10)(H2,9,11)/t8?,9-;/m0./s1. The number of amides is 2. The van der Waals surface area contributed by atoms with Crippen LogP contribution in [0, 0.1) is 18.7 Å². The zero-order valence-corrected chi connectivity index (χ0v) is 16.0. The summed E-state index contributed by atoms with van der Waals surface area (Å²) < 4.78 is 13.1. The summed E-state index contributed by atoms with van der Waals surface area (Å²) in [6.45, 7) is 7.48. The quantitative estimate of drug-likeness (QED) is 0.803. The lowest BCUT2D eigenvalue weighted by atomic mass is 9.87. The zero-order valence-electron chi connectivity index (χ0n) is 16.0. The maximum atomic E-state index is 13.1. The molecule has 0 saturated carbocycles. The van der Waals surface area contributed by atoms with Gasteiger partial charge in [-0.1, -0.05) is 6.92 Å². The van der Waals surface area contributed by atoms with Crippen LogP contribution in [0.5, 0.6) is 0 Å². The van der Waals surface area contributed by atoms with E-state index in [1.807, 2.05) is 6.92 Å². The molecule has 1 aromatic heterocycles. The van der Waals surface area contributed by atoms with Crippen molar-refractivity contribution < 1.29 is 14.0 Å². The normalized spacial score (nSPS) is 18.2. The molecule has 3 rings (SSSR count). The lowest BCUT2D eigenvalue weighted by Crippen LogP contribution is -2.45. The van der Waals surface area contributed by atoms with Gasteiger partial charge in [-0.3, -0.25) is 9.59 Å². The summed E-state index contributed by atoms with van der Waals surface area (Å²) in [6.07, 6.45) is 0.831. The molecule has 0 bridgehead atoms. The lowest BCUT2D eigenvalue weighted by Gasteiger charge is -2.38. The minimum Gasteiger partial charge on any atom is -0.383 e. The molecule has 4 N–H and O–H groups in total. The predicted octanol–water partition coefficient (Wildman–Crippen LogP) is 2.83. The van der Waals surface area contributed by atoms with Crippen molar-refractivity contribution in [1.29, 1.82) is 0 Å². The van der Waals surface area contributed by atoms with E-state index in [1.54, 1.807) is 36.9 Å². The van der Waals surface area contributed by atoms with Crippen molar-refractivity contribution in [3.8, 4) is 0 Å². The number of anilines is 2. The molecule has 0 saturated heterocycles. The molecule has 0 radical (unpaired) electrons. The third kappa shape index (κ3) is 4.61. The van der Waals surface area contributed by atoms with Crippen molar-refractivity contribution >= 4 is 23.3 Å². The molecule has 2 heterocycles. The number of hydrogen-bond acceptors (Lipinski definition) is 4. The first-order chi connectivity index (χ1) is 12.6. The first-order valence-electron chi connectivity index (χ1n) is 8.73. The van der Waals surface area contributed by atoms with Gasteiger partial charge in [-0.2, -0.15) is 0 Å². The van der Waals surface area contributed by atoms with Gasteiger partial charge in [0.15, 0.2) is 0 Å². The van der Waals surface area contributed by atoms with Crippen molar-refractivity contribution in [2.75, 3.05) is 10.6 Å². The zero-order chi connectivity index (χ0) is 20.3. The minimum absolute atomic E-state index is 0.0203. The highest BCUT2D eigenvalue weighted by Gasteiger charge is 2.31. The third-order valence-electron chi connectivity index (χ3n) is 4.74. The van der Waals surface area contributed by atoms with Gasteiger partial charge < -0.3 is 16.4 Å². The number of rotatable bonds is 1. The van der Waals surface area contributed by atoms with Crippen LogP contribution in [0.2, 0.25) is 0 Å². The number of fused-ring (bicyclic) bond motifs is 1. The van der Waals surface area contributed by atoms with E-state index in [4.69, 9.17) is 11.5 Å². The SMILES string of the molecule is CC(=O)N1c2ccc(F)cc2CC(C)[C@@H]1C.Cc1ccc(C(N)=O)c(N)n1. The first kappa shape index (κ1) is 20.4. The summed E-state index contributed by atoms with van der Waals surface area (Å²) in [5, 5.41) is 0. The molecular weight excluding hydrogens is 347 g/mol. The fraction of sp³-hybridized carbons (Fsp3) is 0.350. The van der Waals surface area contributed by atoms with E-state index in [9.17, 15) is 14.0 Å². The summed E-state index contributed by atoms with van der Waals surface area (Å²) in [5.74, 6) is -0.207. The maximum absolute atomic E-state index is 13.1. The average molecular weight is 372 g/mol. The second-order valence-corrected chi connectivity index (χ2v) is 6.83. The molecule has 0 fully saturated rings.